The predicted molar refractivity (Wildman–Crippen MR) is 88.0 cm³/mol. The lowest BCUT2D eigenvalue weighted by molar-refractivity contribution is -0.126. The van der Waals surface area contributed by atoms with Crippen LogP contribution in [-0.4, -0.2) is 38.9 Å². The maximum absolute atomic E-state index is 11.7. The number of carbonyl (C=O) groups is 1. The van der Waals surface area contributed by atoms with Crippen molar-refractivity contribution in [1.82, 2.24) is 5.32 Å². The first-order valence-electron chi connectivity index (χ1n) is 7.53. The quantitative estimate of drug-likeness (QED) is 0.762. The van der Waals surface area contributed by atoms with Gasteiger partial charge in [-0.3, -0.25) is 4.79 Å². The maximum atomic E-state index is 11.7. The monoisotopic (exact) mass is 301 g/mol. The third kappa shape index (κ3) is 5.13. The van der Waals surface area contributed by atoms with Crippen molar-refractivity contribution in [3.63, 3.8) is 0 Å². The Labute approximate surface area is 131 Å². The normalized spacial score (nSPS) is 12.3. The number of carbonyl (C=O) groups excluding carboxylic acids is 1. The molecular formula is C18H23NO3. The summed E-state index contributed by atoms with van der Waals surface area (Å²) in [5.74, 6) is -0.0932. The molecule has 4 heteroatoms. The molecule has 0 bridgehead atoms. The average Bonchev–Trinajstić information content (AvgIpc) is 2.51. The summed E-state index contributed by atoms with van der Waals surface area (Å²) in [4.78, 5) is 11.7. The first-order valence-corrected chi connectivity index (χ1v) is 7.53. The zero-order valence-electron chi connectivity index (χ0n) is 13.2. The molecule has 1 N–H and O–H groups in total. The van der Waals surface area contributed by atoms with E-state index in [1.807, 2.05) is 19.1 Å². The van der Waals surface area contributed by atoms with Crippen molar-refractivity contribution in [2.45, 2.75) is 19.4 Å². The first-order chi connectivity index (χ1) is 10.7. The molecule has 118 valence electrons. The molecule has 0 aromatic heterocycles. The van der Waals surface area contributed by atoms with Gasteiger partial charge in [0.05, 0.1) is 13.2 Å². The second-order valence-electron chi connectivity index (χ2n) is 5.40. The molecule has 0 aliphatic rings. The fourth-order valence-electron chi connectivity index (χ4n) is 2.39. The van der Waals surface area contributed by atoms with Crippen LogP contribution in [0.2, 0.25) is 0 Å². The molecule has 2 rings (SSSR count). The van der Waals surface area contributed by atoms with Crippen LogP contribution in [0.25, 0.3) is 10.8 Å². The van der Waals surface area contributed by atoms with Crippen LogP contribution in [0.4, 0.5) is 0 Å². The van der Waals surface area contributed by atoms with E-state index in [2.05, 4.69) is 35.6 Å². The van der Waals surface area contributed by atoms with Crippen LogP contribution in [-0.2, 0) is 20.7 Å². The van der Waals surface area contributed by atoms with Crippen LogP contribution >= 0.6 is 0 Å². The molecule has 4 nitrogen and oxygen atoms in total. The third-order valence-electron chi connectivity index (χ3n) is 3.43. The zero-order chi connectivity index (χ0) is 15.8. The maximum Gasteiger partial charge on any atom is 0.246 e. The summed E-state index contributed by atoms with van der Waals surface area (Å²) in [6, 6.07) is 14.7. The SMILES string of the molecule is COCCOCC(=O)NC(C)Cc1ccc2ccccc2c1. The second-order valence-corrected chi connectivity index (χ2v) is 5.40. The molecule has 0 saturated carbocycles. The van der Waals surface area contributed by atoms with Gasteiger partial charge in [0, 0.05) is 13.2 Å². The molecule has 0 saturated heterocycles. The fourth-order valence-corrected chi connectivity index (χ4v) is 2.39. The van der Waals surface area contributed by atoms with Crippen LogP contribution in [0.15, 0.2) is 42.5 Å². The van der Waals surface area contributed by atoms with E-state index in [1.165, 1.54) is 16.3 Å². The summed E-state index contributed by atoms with van der Waals surface area (Å²) in [5, 5.41) is 5.40. The number of hydrogen-bond acceptors (Lipinski definition) is 3. The van der Waals surface area contributed by atoms with Gasteiger partial charge in [-0.05, 0) is 29.7 Å². The van der Waals surface area contributed by atoms with Gasteiger partial charge in [-0.2, -0.15) is 0 Å². The number of hydrogen-bond donors (Lipinski definition) is 1. The number of amides is 1. The van der Waals surface area contributed by atoms with Crippen LogP contribution in [0.1, 0.15) is 12.5 Å². The van der Waals surface area contributed by atoms with Gasteiger partial charge in [-0.25, -0.2) is 0 Å². The summed E-state index contributed by atoms with van der Waals surface area (Å²) in [5.41, 5.74) is 1.21. The van der Waals surface area contributed by atoms with E-state index in [1.54, 1.807) is 7.11 Å². The number of rotatable bonds is 8. The Hall–Kier alpha value is -1.91. The van der Waals surface area contributed by atoms with Crippen molar-refractivity contribution >= 4 is 16.7 Å². The van der Waals surface area contributed by atoms with Crippen LogP contribution in [0.3, 0.4) is 0 Å². The minimum atomic E-state index is -0.0932. The molecule has 1 unspecified atom stereocenters. The standard InChI is InChI=1S/C18H23NO3/c1-14(19-18(20)13-22-10-9-21-2)11-15-7-8-16-5-3-4-6-17(16)12-15/h3-8,12,14H,9-11,13H2,1-2H3,(H,19,20). The first kappa shape index (κ1) is 16.5. The number of benzene rings is 2. The molecule has 0 radical (unpaired) electrons. The number of fused-ring (bicyclic) bond motifs is 1. The van der Waals surface area contributed by atoms with Gasteiger partial charge in [0.1, 0.15) is 6.61 Å². The van der Waals surface area contributed by atoms with E-state index in [-0.39, 0.29) is 18.6 Å². The summed E-state index contributed by atoms with van der Waals surface area (Å²) >= 11 is 0. The van der Waals surface area contributed by atoms with Crippen molar-refractivity contribution in [3.05, 3.63) is 48.0 Å². The lowest BCUT2D eigenvalue weighted by Gasteiger charge is -2.14. The van der Waals surface area contributed by atoms with Crippen LogP contribution in [0, 0.1) is 0 Å². The van der Waals surface area contributed by atoms with E-state index in [0.717, 1.165) is 6.42 Å². The van der Waals surface area contributed by atoms with Gasteiger partial charge in [0.2, 0.25) is 5.91 Å². The highest BCUT2D eigenvalue weighted by molar-refractivity contribution is 5.83. The van der Waals surface area contributed by atoms with Crippen molar-refractivity contribution in [3.8, 4) is 0 Å². The third-order valence-corrected chi connectivity index (χ3v) is 3.43. The molecule has 0 fully saturated rings. The Kier molecular flexibility index (Phi) is 6.37. The Morgan fingerprint density at radius 2 is 1.91 bits per heavy atom. The van der Waals surface area contributed by atoms with Gasteiger partial charge >= 0.3 is 0 Å². The number of ether oxygens (including phenoxy) is 2. The average molecular weight is 301 g/mol. The zero-order valence-corrected chi connectivity index (χ0v) is 13.2. The fraction of sp³-hybridized carbons (Fsp3) is 0.389. The lowest BCUT2D eigenvalue weighted by Crippen LogP contribution is -2.36. The highest BCUT2D eigenvalue weighted by atomic mass is 16.5. The Bertz CT molecular complexity index is 612. The summed E-state index contributed by atoms with van der Waals surface area (Å²) in [6.45, 7) is 3.01. The molecule has 0 spiro atoms. The Balaban J connectivity index is 1.82. The summed E-state index contributed by atoms with van der Waals surface area (Å²) < 4.78 is 10.1. The largest absolute Gasteiger partial charge is 0.382 e. The minimum absolute atomic E-state index is 0.0692. The number of methoxy groups -OCH3 is 1. The van der Waals surface area contributed by atoms with Gasteiger partial charge in [0.25, 0.3) is 0 Å². The smallest absolute Gasteiger partial charge is 0.246 e. The van der Waals surface area contributed by atoms with Gasteiger partial charge in [-0.1, -0.05) is 42.5 Å². The lowest BCUT2D eigenvalue weighted by atomic mass is 10.0. The van der Waals surface area contributed by atoms with Crippen LogP contribution in [0.5, 0.6) is 0 Å². The number of nitrogens with one attached hydrogen (secondary N) is 1. The van der Waals surface area contributed by atoms with Crippen molar-refractivity contribution < 1.29 is 14.3 Å². The summed E-state index contributed by atoms with van der Waals surface area (Å²) in [7, 11) is 1.61. The molecular weight excluding hydrogens is 278 g/mol. The van der Waals surface area contributed by atoms with Crippen molar-refractivity contribution in [2.75, 3.05) is 26.9 Å². The van der Waals surface area contributed by atoms with E-state index >= 15 is 0 Å². The molecule has 1 amide bonds. The van der Waals surface area contributed by atoms with Crippen molar-refractivity contribution in [1.29, 1.82) is 0 Å². The van der Waals surface area contributed by atoms with E-state index in [4.69, 9.17) is 9.47 Å². The summed E-state index contributed by atoms with van der Waals surface area (Å²) in [6.07, 6.45) is 0.800. The van der Waals surface area contributed by atoms with Crippen molar-refractivity contribution in [2.24, 2.45) is 0 Å². The highest BCUT2D eigenvalue weighted by Crippen LogP contribution is 2.16. The molecule has 22 heavy (non-hydrogen) atoms. The minimum Gasteiger partial charge on any atom is -0.382 e. The molecule has 0 heterocycles. The topological polar surface area (TPSA) is 47.6 Å². The second kappa shape index (κ2) is 8.51. The van der Waals surface area contributed by atoms with E-state index in [9.17, 15) is 4.79 Å². The molecule has 2 aromatic rings. The molecule has 0 aliphatic heterocycles. The van der Waals surface area contributed by atoms with Gasteiger partial charge in [0.15, 0.2) is 0 Å². The van der Waals surface area contributed by atoms with Gasteiger partial charge < -0.3 is 14.8 Å². The molecule has 0 aliphatic carbocycles. The Morgan fingerprint density at radius 3 is 2.68 bits per heavy atom. The Morgan fingerprint density at radius 1 is 1.14 bits per heavy atom. The van der Waals surface area contributed by atoms with E-state index in [0.29, 0.717) is 13.2 Å². The molecule has 2 aromatic carbocycles. The van der Waals surface area contributed by atoms with E-state index < -0.39 is 0 Å². The van der Waals surface area contributed by atoms with Crippen LogP contribution < -0.4 is 5.32 Å². The predicted octanol–water partition coefficient (Wildman–Crippen LogP) is 2.55. The molecule has 1 atom stereocenters. The van der Waals surface area contributed by atoms with Gasteiger partial charge in [-0.15, -0.1) is 0 Å². The highest BCUT2D eigenvalue weighted by Gasteiger charge is 2.08.